The Morgan fingerprint density at radius 3 is 2.21 bits per heavy atom. The number of hydrogen-bond donors (Lipinski definition) is 0. The van der Waals surface area contributed by atoms with Crippen LogP contribution in [0.2, 0.25) is 0 Å². The molecule has 1 saturated heterocycles. The minimum Gasteiger partial charge on any atom is -0.372 e. The highest BCUT2D eigenvalue weighted by Gasteiger charge is 2.15. The Morgan fingerprint density at radius 1 is 1.06 bits per heavy atom. The van der Waals surface area contributed by atoms with Crippen LogP contribution in [0.1, 0.15) is 80.1 Å². The minimum absolute atomic E-state index is 0.363. The van der Waals surface area contributed by atoms with Crippen LogP contribution in [0.15, 0.2) is 80.6 Å². The summed E-state index contributed by atoms with van der Waals surface area (Å²) in [5.41, 5.74) is 9.33. The third kappa shape index (κ3) is 7.84. The van der Waals surface area contributed by atoms with Gasteiger partial charge in [-0.2, -0.15) is 0 Å². The van der Waals surface area contributed by atoms with E-state index in [0.29, 0.717) is 5.92 Å². The van der Waals surface area contributed by atoms with E-state index in [1.807, 2.05) is 14.0 Å². The quantitative estimate of drug-likeness (QED) is 0.246. The van der Waals surface area contributed by atoms with E-state index in [0.717, 1.165) is 47.8 Å². The van der Waals surface area contributed by atoms with E-state index in [4.69, 9.17) is 4.99 Å². The topological polar surface area (TPSA) is 28.0 Å². The zero-order valence-corrected chi connectivity index (χ0v) is 22.2. The van der Waals surface area contributed by atoms with Crippen molar-refractivity contribution in [2.24, 2.45) is 15.9 Å². The molecule has 0 aromatic rings. The molecule has 2 aliphatic rings. The maximum absolute atomic E-state index is 5.25. The summed E-state index contributed by atoms with van der Waals surface area (Å²) < 4.78 is 0. The summed E-state index contributed by atoms with van der Waals surface area (Å²) >= 11 is 0. The lowest BCUT2D eigenvalue weighted by molar-refractivity contribution is 0.440. The van der Waals surface area contributed by atoms with Gasteiger partial charge in [0.05, 0.1) is 11.4 Å². The normalized spacial score (nSPS) is 19.9. The standard InChI is InChI=1S/C30H45N3/c1-9-23(5)28(17-16-27(10-2)33-18-11-12-19-33)32-30(21-25(7)26-14-13-15-26)29(31-8)20-24(6)22(3)4/h10,16-17,20-21,23H,3,9,11-15,18-19H2,1-2,4-8H3/b17-16-,24-20+,27-10+,30-21-,31-29+,32-28-. The molecule has 1 aliphatic heterocycles. The molecule has 33 heavy (non-hydrogen) atoms. The Balaban J connectivity index is 2.53. The Bertz CT molecular complexity index is 906. The van der Waals surface area contributed by atoms with Gasteiger partial charge in [-0.25, -0.2) is 0 Å². The third-order valence-corrected chi connectivity index (χ3v) is 6.96. The van der Waals surface area contributed by atoms with Gasteiger partial charge < -0.3 is 4.90 Å². The smallest absolute Gasteiger partial charge is 0.0887 e. The van der Waals surface area contributed by atoms with Crippen molar-refractivity contribution in [3.8, 4) is 0 Å². The molecule has 0 amide bonds. The van der Waals surface area contributed by atoms with Gasteiger partial charge in [0.1, 0.15) is 0 Å². The molecule has 3 heteroatoms. The van der Waals surface area contributed by atoms with Gasteiger partial charge in [-0.15, -0.1) is 0 Å². The monoisotopic (exact) mass is 447 g/mol. The van der Waals surface area contributed by atoms with Crippen molar-refractivity contribution in [3.63, 3.8) is 0 Å². The van der Waals surface area contributed by atoms with Crippen LogP contribution in [0.4, 0.5) is 0 Å². The summed E-state index contributed by atoms with van der Waals surface area (Å²) in [4.78, 5) is 12.4. The van der Waals surface area contributed by atoms with E-state index in [9.17, 15) is 0 Å². The molecule has 2 fully saturated rings. The fraction of sp³-hybridized carbons (Fsp3) is 0.533. The van der Waals surface area contributed by atoms with Gasteiger partial charge in [0, 0.05) is 31.5 Å². The second-order valence-corrected chi connectivity index (χ2v) is 9.47. The second kappa shape index (κ2) is 13.3. The SMILES string of the molecule is C=C(C)/C(C)=C/C(=N\C)C(=C/C(C)=C1CCC1)/N=C(/C=C\C(=C/C)N1CCCC1)C(C)CC. The number of allylic oxidation sites excluding steroid dienone is 9. The highest BCUT2D eigenvalue weighted by atomic mass is 15.1. The molecular formula is C30H45N3. The Labute approximate surface area is 203 Å². The number of hydrogen-bond acceptors (Lipinski definition) is 3. The zero-order chi connectivity index (χ0) is 24.4. The molecule has 3 nitrogen and oxygen atoms in total. The van der Waals surface area contributed by atoms with Crippen LogP contribution in [0, 0.1) is 5.92 Å². The predicted octanol–water partition coefficient (Wildman–Crippen LogP) is 8.01. The molecule has 2 rings (SSSR count). The molecule has 0 aromatic heterocycles. The molecular weight excluding hydrogens is 402 g/mol. The molecule has 1 saturated carbocycles. The summed E-state index contributed by atoms with van der Waals surface area (Å²) in [5, 5.41) is 0. The van der Waals surface area contributed by atoms with Crippen molar-refractivity contribution in [1.29, 1.82) is 0 Å². The lowest BCUT2D eigenvalue weighted by atomic mass is 9.88. The molecule has 180 valence electrons. The van der Waals surface area contributed by atoms with Crippen LogP contribution in [0.3, 0.4) is 0 Å². The minimum atomic E-state index is 0.363. The Kier molecular flexibility index (Phi) is 10.8. The molecule has 1 heterocycles. The molecule has 1 atom stereocenters. The van der Waals surface area contributed by atoms with Crippen molar-refractivity contribution in [2.75, 3.05) is 20.1 Å². The number of aliphatic imine (C=N–C) groups is 2. The van der Waals surface area contributed by atoms with Gasteiger partial charge in [0.2, 0.25) is 0 Å². The average Bonchev–Trinajstić information content (AvgIpc) is 3.29. The van der Waals surface area contributed by atoms with Gasteiger partial charge in [-0.3, -0.25) is 9.98 Å². The predicted molar refractivity (Wildman–Crippen MR) is 147 cm³/mol. The summed E-state index contributed by atoms with van der Waals surface area (Å²) in [6.07, 6.45) is 18.4. The summed E-state index contributed by atoms with van der Waals surface area (Å²) in [5.74, 6) is 0.363. The number of nitrogens with zero attached hydrogens (tertiary/aromatic N) is 3. The largest absolute Gasteiger partial charge is 0.372 e. The van der Waals surface area contributed by atoms with Crippen LogP contribution < -0.4 is 0 Å². The van der Waals surface area contributed by atoms with Crippen LogP contribution in [-0.4, -0.2) is 36.5 Å². The lowest BCUT2D eigenvalue weighted by Gasteiger charge is -2.20. The first-order chi connectivity index (χ1) is 15.8. The van der Waals surface area contributed by atoms with Gasteiger partial charge in [-0.05, 0) is 108 Å². The first kappa shape index (κ1) is 26.8. The number of rotatable bonds is 10. The molecule has 0 N–H and O–H groups in total. The molecule has 1 unspecified atom stereocenters. The van der Waals surface area contributed by atoms with E-state index in [1.165, 1.54) is 43.4 Å². The summed E-state index contributed by atoms with van der Waals surface area (Å²) in [7, 11) is 1.86. The van der Waals surface area contributed by atoms with Crippen LogP contribution in [0.5, 0.6) is 0 Å². The molecule has 0 radical (unpaired) electrons. The van der Waals surface area contributed by atoms with Crippen molar-refractivity contribution >= 4 is 11.4 Å². The number of likely N-dealkylation sites (tertiary alicyclic amines) is 1. The van der Waals surface area contributed by atoms with Crippen molar-refractivity contribution in [1.82, 2.24) is 4.90 Å². The van der Waals surface area contributed by atoms with Gasteiger partial charge in [-0.1, -0.05) is 37.6 Å². The maximum atomic E-state index is 5.25. The Hall–Kier alpha value is -2.42. The fourth-order valence-corrected chi connectivity index (χ4v) is 3.99. The molecule has 0 bridgehead atoms. The van der Waals surface area contributed by atoms with Crippen LogP contribution in [-0.2, 0) is 0 Å². The van der Waals surface area contributed by atoms with Gasteiger partial charge in [0.25, 0.3) is 0 Å². The van der Waals surface area contributed by atoms with E-state index in [2.05, 4.69) is 81.5 Å². The molecule has 0 spiro atoms. The first-order valence-electron chi connectivity index (χ1n) is 12.7. The second-order valence-electron chi connectivity index (χ2n) is 9.47. The first-order valence-corrected chi connectivity index (χ1v) is 12.7. The lowest BCUT2D eigenvalue weighted by Crippen LogP contribution is -2.17. The third-order valence-electron chi connectivity index (χ3n) is 6.96. The molecule has 0 aromatic carbocycles. The van der Waals surface area contributed by atoms with E-state index < -0.39 is 0 Å². The summed E-state index contributed by atoms with van der Waals surface area (Å²) in [6, 6.07) is 0. The highest BCUT2D eigenvalue weighted by molar-refractivity contribution is 6.11. The zero-order valence-electron chi connectivity index (χ0n) is 22.2. The molecule has 1 aliphatic carbocycles. The Morgan fingerprint density at radius 2 is 1.73 bits per heavy atom. The highest BCUT2D eigenvalue weighted by Crippen LogP contribution is 2.30. The van der Waals surface area contributed by atoms with Crippen molar-refractivity contribution in [2.45, 2.75) is 80.1 Å². The van der Waals surface area contributed by atoms with E-state index in [-0.39, 0.29) is 0 Å². The average molecular weight is 448 g/mol. The maximum Gasteiger partial charge on any atom is 0.0887 e. The van der Waals surface area contributed by atoms with Gasteiger partial charge >= 0.3 is 0 Å². The van der Waals surface area contributed by atoms with E-state index >= 15 is 0 Å². The summed E-state index contributed by atoms with van der Waals surface area (Å²) in [6.45, 7) is 19.4. The van der Waals surface area contributed by atoms with E-state index in [1.54, 1.807) is 5.57 Å². The van der Waals surface area contributed by atoms with Crippen molar-refractivity contribution < 1.29 is 0 Å². The van der Waals surface area contributed by atoms with Gasteiger partial charge in [0.15, 0.2) is 0 Å². The van der Waals surface area contributed by atoms with Crippen LogP contribution >= 0.6 is 0 Å². The van der Waals surface area contributed by atoms with Crippen LogP contribution in [0.25, 0.3) is 0 Å². The van der Waals surface area contributed by atoms with Crippen molar-refractivity contribution in [3.05, 3.63) is 70.6 Å². The fourth-order valence-electron chi connectivity index (χ4n) is 3.99.